The third kappa shape index (κ3) is 4.10. The lowest BCUT2D eigenvalue weighted by molar-refractivity contribution is -0.119. The maximum atomic E-state index is 13.5. The highest BCUT2D eigenvalue weighted by molar-refractivity contribution is 8.00. The van der Waals surface area contributed by atoms with Gasteiger partial charge in [-0.15, -0.1) is 0 Å². The number of halogens is 1. The van der Waals surface area contributed by atoms with Crippen molar-refractivity contribution < 1.29 is 14.0 Å². The van der Waals surface area contributed by atoms with Crippen LogP contribution in [-0.2, 0) is 4.79 Å². The van der Waals surface area contributed by atoms with E-state index in [0.717, 1.165) is 10.9 Å². The molecule has 25 heavy (non-hydrogen) atoms. The highest BCUT2D eigenvalue weighted by Crippen LogP contribution is 2.23. The largest absolute Gasteiger partial charge is 0.272 e. The molecule has 126 valence electrons. The van der Waals surface area contributed by atoms with Gasteiger partial charge in [-0.1, -0.05) is 42.1 Å². The van der Waals surface area contributed by atoms with Crippen LogP contribution in [0.2, 0.25) is 0 Å². The van der Waals surface area contributed by atoms with Crippen molar-refractivity contribution in [2.45, 2.75) is 5.03 Å². The summed E-state index contributed by atoms with van der Waals surface area (Å²) in [7, 11) is 0. The number of hydrogen-bond donors (Lipinski definition) is 2. The number of thioether (sulfide) groups is 1. The minimum atomic E-state index is -0.719. The Kier molecular flexibility index (Phi) is 5.20. The number of hydrogen-bond acceptors (Lipinski definition) is 5. The van der Waals surface area contributed by atoms with E-state index < -0.39 is 17.6 Å². The lowest BCUT2D eigenvalue weighted by Crippen LogP contribution is -2.42. The molecular formula is C17H13FN4O2S. The van der Waals surface area contributed by atoms with E-state index >= 15 is 0 Å². The molecule has 1 heterocycles. The van der Waals surface area contributed by atoms with Gasteiger partial charge in [-0.25, -0.2) is 14.4 Å². The van der Waals surface area contributed by atoms with Crippen LogP contribution < -0.4 is 10.9 Å². The van der Waals surface area contributed by atoms with Gasteiger partial charge in [-0.3, -0.25) is 20.4 Å². The molecule has 0 atom stereocenters. The van der Waals surface area contributed by atoms with Crippen LogP contribution in [0, 0.1) is 5.82 Å². The molecule has 0 saturated carbocycles. The van der Waals surface area contributed by atoms with E-state index in [-0.39, 0.29) is 11.3 Å². The van der Waals surface area contributed by atoms with Crippen molar-refractivity contribution in [3.8, 4) is 0 Å². The molecular weight excluding hydrogens is 343 g/mol. The fourth-order valence-corrected chi connectivity index (χ4v) is 2.89. The second kappa shape index (κ2) is 7.71. The molecule has 3 aromatic rings. The van der Waals surface area contributed by atoms with E-state index in [1.54, 1.807) is 0 Å². The zero-order valence-electron chi connectivity index (χ0n) is 12.9. The molecule has 0 aliphatic rings. The third-order valence-corrected chi connectivity index (χ3v) is 4.29. The SMILES string of the molecule is O=C(CSc1ncnc2ccccc12)NNC(=O)c1ccccc1F. The van der Waals surface area contributed by atoms with Crippen molar-refractivity contribution in [1.82, 2.24) is 20.8 Å². The number of rotatable bonds is 4. The lowest BCUT2D eigenvalue weighted by atomic mass is 10.2. The van der Waals surface area contributed by atoms with Crippen LogP contribution >= 0.6 is 11.8 Å². The molecule has 0 aliphatic heterocycles. The molecule has 1 aromatic heterocycles. The van der Waals surface area contributed by atoms with Crippen LogP contribution in [0.1, 0.15) is 10.4 Å². The molecule has 0 spiro atoms. The summed E-state index contributed by atoms with van der Waals surface area (Å²) in [6, 6.07) is 13.0. The first-order chi connectivity index (χ1) is 12.1. The Labute approximate surface area is 146 Å². The molecule has 0 radical (unpaired) electrons. The predicted molar refractivity (Wildman–Crippen MR) is 92.3 cm³/mol. The second-order valence-electron chi connectivity index (χ2n) is 4.97. The highest BCUT2D eigenvalue weighted by atomic mass is 32.2. The Morgan fingerprint density at radius 2 is 1.76 bits per heavy atom. The Morgan fingerprint density at radius 1 is 1.00 bits per heavy atom. The number of carbonyl (C=O) groups excluding carboxylic acids is 2. The normalized spacial score (nSPS) is 10.4. The van der Waals surface area contributed by atoms with E-state index in [4.69, 9.17) is 0 Å². The van der Waals surface area contributed by atoms with Crippen LogP contribution in [0.15, 0.2) is 59.9 Å². The van der Waals surface area contributed by atoms with Gasteiger partial charge in [0, 0.05) is 5.39 Å². The van der Waals surface area contributed by atoms with Crippen molar-refractivity contribution >= 4 is 34.5 Å². The van der Waals surface area contributed by atoms with Gasteiger partial charge in [0.25, 0.3) is 5.91 Å². The molecule has 2 aromatic carbocycles. The monoisotopic (exact) mass is 356 g/mol. The third-order valence-electron chi connectivity index (χ3n) is 3.28. The van der Waals surface area contributed by atoms with Gasteiger partial charge < -0.3 is 0 Å². The second-order valence-corrected chi connectivity index (χ2v) is 5.93. The summed E-state index contributed by atoms with van der Waals surface area (Å²) in [5.41, 5.74) is 5.09. The number of benzene rings is 2. The van der Waals surface area contributed by atoms with Crippen LogP contribution in [0.5, 0.6) is 0 Å². The van der Waals surface area contributed by atoms with Gasteiger partial charge >= 0.3 is 0 Å². The van der Waals surface area contributed by atoms with Crippen LogP contribution in [0.4, 0.5) is 4.39 Å². The Balaban J connectivity index is 1.56. The molecule has 3 rings (SSSR count). The maximum Gasteiger partial charge on any atom is 0.272 e. The fourth-order valence-electron chi connectivity index (χ4n) is 2.10. The summed E-state index contributed by atoms with van der Waals surface area (Å²) in [5.74, 6) is -1.77. The lowest BCUT2D eigenvalue weighted by Gasteiger charge is -2.08. The first-order valence-corrected chi connectivity index (χ1v) is 8.30. The smallest absolute Gasteiger partial charge is 0.272 e. The number of carbonyl (C=O) groups is 2. The number of nitrogens with zero attached hydrogens (tertiary/aromatic N) is 2. The van der Waals surface area contributed by atoms with Crippen LogP contribution in [0.3, 0.4) is 0 Å². The van der Waals surface area contributed by atoms with Gasteiger partial charge in [0.2, 0.25) is 5.91 Å². The molecule has 0 fully saturated rings. The highest BCUT2D eigenvalue weighted by Gasteiger charge is 2.12. The molecule has 0 aliphatic carbocycles. The van der Waals surface area contributed by atoms with E-state index in [1.807, 2.05) is 24.3 Å². The first-order valence-electron chi connectivity index (χ1n) is 7.31. The quantitative estimate of drug-likeness (QED) is 0.426. The number of aromatic nitrogens is 2. The van der Waals surface area contributed by atoms with Gasteiger partial charge in [0.05, 0.1) is 16.8 Å². The van der Waals surface area contributed by atoms with Gasteiger partial charge in [0.15, 0.2) is 0 Å². The number of para-hydroxylation sites is 1. The number of hydrazine groups is 1. The molecule has 2 amide bonds. The average Bonchev–Trinajstić information content (AvgIpc) is 2.64. The van der Waals surface area contributed by atoms with Crippen molar-refractivity contribution in [3.05, 3.63) is 66.2 Å². The summed E-state index contributed by atoms with van der Waals surface area (Å²) in [5, 5.41) is 1.51. The fraction of sp³-hybridized carbons (Fsp3) is 0.0588. The standard InChI is InChI=1S/C17H13FN4O2S/c18-13-7-3-1-5-11(13)16(24)22-21-15(23)9-25-17-12-6-2-4-8-14(12)19-10-20-17/h1-8,10H,9H2,(H,21,23)(H,22,24). The van der Waals surface area contributed by atoms with E-state index in [1.165, 1.54) is 42.4 Å². The summed E-state index contributed by atoms with van der Waals surface area (Å²) in [4.78, 5) is 32.0. The number of fused-ring (bicyclic) bond motifs is 1. The van der Waals surface area contributed by atoms with Crippen LogP contribution in [-0.4, -0.2) is 27.5 Å². The maximum absolute atomic E-state index is 13.5. The molecule has 0 unspecified atom stereocenters. The first kappa shape index (κ1) is 16.8. The summed E-state index contributed by atoms with van der Waals surface area (Å²) in [6.07, 6.45) is 1.43. The van der Waals surface area contributed by atoms with Crippen molar-refractivity contribution in [2.75, 3.05) is 5.75 Å². The molecule has 2 N–H and O–H groups in total. The average molecular weight is 356 g/mol. The Bertz CT molecular complexity index is 930. The summed E-state index contributed by atoms with van der Waals surface area (Å²) in [6.45, 7) is 0. The van der Waals surface area contributed by atoms with Gasteiger partial charge in [-0.05, 0) is 18.2 Å². The molecule has 8 heteroatoms. The number of nitrogens with one attached hydrogen (secondary N) is 2. The van der Waals surface area contributed by atoms with Crippen molar-refractivity contribution in [1.29, 1.82) is 0 Å². The van der Waals surface area contributed by atoms with Gasteiger partial charge in [-0.2, -0.15) is 0 Å². The predicted octanol–water partition coefficient (Wildman–Crippen LogP) is 2.32. The summed E-state index contributed by atoms with van der Waals surface area (Å²) >= 11 is 1.22. The van der Waals surface area contributed by atoms with Crippen molar-refractivity contribution in [3.63, 3.8) is 0 Å². The minimum absolute atomic E-state index is 0.0402. The molecule has 6 nitrogen and oxygen atoms in total. The van der Waals surface area contributed by atoms with Crippen molar-refractivity contribution in [2.24, 2.45) is 0 Å². The topological polar surface area (TPSA) is 84.0 Å². The van der Waals surface area contributed by atoms with E-state index in [0.29, 0.717) is 5.03 Å². The molecule has 0 saturated heterocycles. The Morgan fingerprint density at radius 3 is 2.60 bits per heavy atom. The van der Waals surface area contributed by atoms with Gasteiger partial charge in [0.1, 0.15) is 17.2 Å². The van der Waals surface area contributed by atoms with E-state index in [2.05, 4.69) is 20.8 Å². The van der Waals surface area contributed by atoms with Crippen LogP contribution in [0.25, 0.3) is 10.9 Å². The van der Waals surface area contributed by atoms with E-state index in [9.17, 15) is 14.0 Å². The molecule has 0 bridgehead atoms. The zero-order valence-corrected chi connectivity index (χ0v) is 13.7. The Hall–Kier alpha value is -3.00. The number of amides is 2. The summed E-state index contributed by atoms with van der Waals surface area (Å²) < 4.78 is 13.5. The zero-order chi connectivity index (χ0) is 17.6. The minimum Gasteiger partial charge on any atom is -0.272 e.